The van der Waals surface area contributed by atoms with E-state index < -0.39 is 24.2 Å². The van der Waals surface area contributed by atoms with Crippen LogP contribution in [0, 0.1) is 0 Å². The van der Waals surface area contributed by atoms with Crippen LogP contribution >= 0.6 is 11.6 Å². The molecule has 2 aliphatic heterocycles. The minimum atomic E-state index is -4.52. The average molecular weight is 534 g/mol. The van der Waals surface area contributed by atoms with Crippen LogP contribution in [0.5, 0.6) is 0 Å². The van der Waals surface area contributed by atoms with Crippen LogP contribution in [0.1, 0.15) is 46.0 Å². The van der Waals surface area contributed by atoms with Crippen molar-refractivity contribution in [3.8, 4) is 0 Å². The zero-order chi connectivity index (χ0) is 26.0. The van der Waals surface area contributed by atoms with Crippen LogP contribution < -0.4 is 10.6 Å². The first kappa shape index (κ1) is 25.6. The first-order chi connectivity index (χ1) is 17.8. The quantitative estimate of drug-likeness (QED) is 0.466. The number of hydrogen-bond acceptors (Lipinski definition) is 5. The Morgan fingerprint density at radius 1 is 1.14 bits per heavy atom. The van der Waals surface area contributed by atoms with Crippen LogP contribution in [0.15, 0.2) is 60.8 Å². The molecule has 3 atom stereocenters. The lowest BCUT2D eigenvalue weighted by atomic mass is 9.96. The summed E-state index contributed by atoms with van der Waals surface area (Å²) in [4.78, 5) is 15.5. The van der Waals surface area contributed by atoms with Crippen molar-refractivity contribution in [2.45, 2.75) is 30.7 Å². The number of carbonyl (C=O) groups excluding carboxylic acids is 1. The number of halogens is 4. The molecule has 5 rings (SSSR count). The normalized spacial score (nSPS) is 21.1. The molecule has 11 heteroatoms. The molecule has 7 nitrogen and oxygen atoms in total. The van der Waals surface area contributed by atoms with Crippen molar-refractivity contribution in [2.24, 2.45) is 0 Å². The number of fused-ring (bicyclic) bond motifs is 1. The molecule has 3 heterocycles. The van der Waals surface area contributed by atoms with Gasteiger partial charge in [-0.15, -0.1) is 0 Å². The van der Waals surface area contributed by atoms with E-state index in [-0.39, 0.29) is 30.4 Å². The Morgan fingerprint density at radius 2 is 1.84 bits per heavy atom. The number of nitrogens with one attached hydrogen (secondary N) is 2. The fourth-order valence-corrected chi connectivity index (χ4v) is 5.25. The zero-order valence-electron chi connectivity index (χ0n) is 19.9. The van der Waals surface area contributed by atoms with Crippen LogP contribution in [0.25, 0.3) is 0 Å². The number of nitrogens with zero attached hydrogens (tertiary/aromatic N) is 3. The van der Waals surface area contributed by atoms with Crippen LogP contribution in [-0.4, -0.2) is 59.6 Å². The van der Waals surface area contributed by atoms with Crippen LogP contribution in [0.3, 0.4) is 0 Å². The summed E-state index contributed by atoms with van der Waals surface area (Å²) in [7, 11) is 0. The Labute approximate surface area is 217 Å². The van der Waals surface area contributed by atoms with Gasteiger partial charge < -0.3 is 15.4 Å². The number of hydrogen-bond donors (Lipinski definition) is 2. The Balaban J connectivity index is 1.40. The van der Waals surface area contributed by atoms with Gasteiger partial charge in [0.25, 0.3) is 5.91 Å². The molecule has 37 heavy (non-hydrogen) atoms. The average Bonchev–Trinajstić information content (AvgIpc) is 3.34. The van der Waals surface area contributed by atoms with Gasteiger partial charge in [-0.25, -0.2) is 4.68 Å². The Hall–Kier alpha value is -3.08. The molecule has 2 unspecified atom stereocenters. The van der Waals surface area contributed by atoms with Crippen LogP contribution in [-0.2, 0) is 4.74 Å². The lowest BCUT2D eigenvalue weighted by Crippen LogP contribution is -2.44. The highest BCUT2D eigenvalue weighted by atomic mass is 35.5. The minimum absolute atomic E-state index is 0.0561. The first-order valence-electron chi connectivity index (χ1n) is 12.1. The summed E-state index contributed by atoms with van der Waals surface area (Å²) in [5.41, 5.74) is 1.64. The van der Waals surface area contributed by atoms with E-state index in [0.29, 0.717) is 36.9 Å². The predicted octanol–water partition coefficient (Wildman–Crippen LogP) is 5.00. The molecule has 0 saturated carbocycles. The van der Waals surface area contributed by atoms with E-state index in [1.165, 1.54) is 6.20 Å². The van der Waals surface area contributed by atoms with Crippen molar-refractivity contribution in [1.29, 1.82) is 0 Å². The topological polar surface area (TPSA) is 71.4 Å². The number of benzene rings is 2. The largest absolute Gasteiger partial charge is 0.410 e. The summed E-state index contributed by atoms with van der Waals surface area (Å²) >= 11 is 6.48. The van der Waals surface area contributed by atoms with Crippen molar-refractivity contribution in [3.63, 3.8) is 0 Å². The fourth-order valence-electron chi connectivity index (χ4n) is 4.99. The third kappa shape index (κ3) is 5.46. The van der Waals surface area contributed by atoms with Gasteiger partial charge in [-0.3, -0.25) is 9.69 Å². The third-order valence-corrected chi connectivity index (χ3v) is 7.24. The number of alkyl halides is 3. The molecule has 1 aromatic heterocycles. The molecule has 3 aromatic rings. The zero-order valence-corrected chi connectivity index (χ0v) is 20.7. The second-order valence-electron chi connectivity index (χ2n) is 9.15. The minimum Gasteiger partial charge on any atom is -0.379 e. The van der Waals surface area contributed by atoms with E-state index in [0.717, 1.165) is 10.2 Å². The highest BCUT2D eigenvalue weighted by Gasteiger charge is 2.47. The van der Waals surface area contributed by atoms with Gasteiger partial charge in [0.05, 0.1) is 31.5 Å². The molecule has 0 aliphatic carbocycles. The summed E-state index contributed by atoms with van der Waals surface area (Å²) in [6, 6.07) is 13.7. The van der Waals surface area contributed by atoms with Gasteiger partial charge in [0, 0.05) is 31.1 Å². The van der Waals surface area contributed by atoms with Crippen molar-refractivity contribution < 1.29 is 22.7 Å². The maximum absolute atomic E-state index is 14.0. The molecule has 0 radical (unpaired) electrons. The second kappa shape index (κ2) is 10.7. The van der Waals surface area contributed by atoms with E-state index in [4.69, 9.17) is 16.3 Å². The monoisotopic (exact) mass is 533 g/mol. The van der Waals surface area contributed by atoms with Crippen LogP contribution in [0.2, 0.25) is 5.02 Å². The standard InChI is InChI=1S/C26H27ClF3N5O2/c27-20-9-5-4-8-18(20)22(34-10-12-37-13-11-34)16-31-25(36)19-15-32-35-23(26(28,29)30)14-21(33-24(19)35)17-6-2-1-3-7-17/h1-9,15,21-23,33H,10-14,16H2,(H,31,36)/t21?,22?,23-/m0/s1. The van der Waals surface area contributed by atoms with E-state index in [2.05, 4.69) is 20.6 Å². The molecule has 196 valence electrons. The summed E-state index contributed by atoms with van der Waals surface area (Å²) in [5, 5.41) is 10.6. The number of aromatic nitrogens is 2. The molecular weight excluding hydrogens is 507 g/mol. The molecule has 1 fully saturated rings. The number of amides is 1. The van der Waals surface area contributed by atoms with Crippen molar-refractivity contribution in [3.05, 3.63) is 82.5 Å². The molecule has 0 spiro atoms. The number of ether oxygens (including phenoxy) is 1. The highest BCUT2D eigenvalue weighted by molar-refractivity contribution is 6.31. The molecule has 2 N–H and O–H groups in total. The molecule has 2 aromatic carbocycles. The maximum Gasteiger partial charge on any atom is 0.410 e. The van der Waals surface area contributed by atoms with Gasteiger partial charge in [0.15, 0.2) is 6.04 Å². The number of carbonyl (C=O) groups is 1. The van der Waals surface area contributed by atoms with Crippen molar-refractivity contribution in [1.82, 2.24) is 20.0 Å². The molecule has 2 aliphatic rings. The fraction of sp³-hybridized carbons (Fsp3) is 0.385. The van der Waals surface area contributed by atoms with Crippen molar-refractivity contribution >= 4 is 23.3 Å². The van der Waals surface area contributed by atoms with Crippen LogP contribution in [0.4, 0.5) is 19.0 Å². The highest BCUT2D eigenvalue weighted by Crippen LogP contribution is 2.44. The Bertz CT molecular complexity index is 1230. The molecule has 1 amide bonds. The molecule has 1 saturated heterocycles. The molecule has 0 bridgehead atoms. The maximum atomic E-state index is 14.0. The summed E-state index contributed by atoms with van der Waals surface area (Å²) < 4.78 is 48.3. The summed E-state index contributed by atoms with van der Waals surface area (Å²) in [6.45, 7) is 2.69. The van der Waals surface area contributed by atoms with E-state index in [9.17, 15) is 18.0 Å². The third-order valence-electron chi connectivity index (χ3n) is 6.89. The summed E-state index contributed by atoms with van der Waals surface area (Å²) in [6.07, 6.45) is -3.55. The van der Waals surface area contributed by atoms with Crippen molar-refractivity contribution in [2.75, 3.05) is 38.2 Å². The van der Waals surface area contributed by atoms with Gasteiger partial charge in [-0.1, -0.05) is 60.1 Å². The molecular formula is C26H27ClF3N5O2. The number of morpholine rings is 1. The van der Waals surface area contributed by atoms with Gasteiger partial charge in [-0.05, 0) is 17.2 Å². The SMILES string of the molecule is O=C(NCC(c1ccccc1Cl)N1CCOCC1)c1cnn2c1NC(c1ccccc1)C[C@H]2C(F)(F)F. The summed E-state index contributed by atoms with van der Waals surface area (Å²) in [5.74, 6) is -0.450. The Morgan fingerprint density at radius 3 is 2.54 bits per heavy atom. The Kier molecular flexibility index (Phi) is 7.41. The van der Waals surface area contributed by atoms with Gasteiger partial charge >= 0.3 is 6.18 Å². The van der Waals surface area contributed by atoms with Gasteiger partial charge in [0.1, 0.15) is 11.4 Å². The van der Waals surface area contributed by atoms with E-state index in [1.54, 1.807) is 36.4 Å². The second-order valence-corrected chi connectivity index (χ2v) is 9.56. The lowest BCUT2D eigenvalue weighted by Gasteiger charge is -2.35. The number of anilines is 1. The first-order valence-corrected chi connectivity index (χ1v) is 12.5. The van der Waals surface area contributed by atoms with Gasteiger partial charge in [0.2, 0.25) is 0 Å². The lowest BCUT2D eigenvalue weighted by molar-refractivity contribution is -0.173. The van der Waals surface area contributed by atoms with E-state index in [1.807, 2.05) is 18.2 Å². The van der Waals surface area contributed by atoms with Gasteiger partial charge in [-0.2, -0.15) is 18.3 Å². The predicted molar refractivity (Wildman–Crippen MR) is 134 cm³/mol. The van der Waals surface area contributed by atoms with E-state index >= 15 is 0 Å². The number of rotatable bonds is 6. The smallest absolute Gasteiger partial charge is 0.379 e.